The summed E-state index contributed by atoms with van der Waals surface area (Å²) in [5.41, 5.74) is 2.79. The summed E-state index contributed by atoms with van der Waals surface area (Å²) >= 11 is 0. The third kappa shape index (κ3) is 7.22. The van der Waals surface area contributed by atoms with Gasteiger partial charge >= 0.3 is 5.97 Å². The standard InChI is InChI=1S/C35H34N2O6/c1-3-41-35(40)33-24(2)37(23-29-17-18-31(43-29)34(39)36-20-19-25-11-6-4-7-12-25)32(38)22-30(33)26-13-10-16-28(21-26)42-27-14-8-5-9-15-27/h4-18,21,30H,3,19-20,22-23H2,1-2H3,(H,36,39). The third-order valence-electron chi connectivity index (χ3n) is 7.30. The van der Waals surface area contributed by atoms with Gasteiger partial charge in [-0.05, 0) is 67.8 Å². The van der Waals surface area contributed by atoms with Gasteiger partial charge in [0.15, 0.2) is 5.76 Å². The van der Waals surface area contributed by atoms with E-state index in [2.05, 4.69) is 5.32 Å². The van der Waals surface area contributed by atoms with E-state index in [-0.39, 0.29) is 37.1 Å². The van der Waals surface area contributed by atoms with Gasteiger partial charge in [0.05, 0.1) is 18.7 Å². The van der Waals surface area contributed by atoms with Gasteiger partial charge in [0.2, 0.25) is 5.91 Å². The largest absolute Gasteiger partial charge is 0.463 e. The Bertz CT molecular complexity index is 1610. The van der Waals surface area contributed by atoms with E-state index >= 15 is 0 Å². The summed E-state index contributed by atoms with van der Waals surface area (Å²) in [6.07, 6.45) is 0.763. The van der Waals surface area contributed by atoms with Crippen molar-refractivity contribution in [3.05, 3.63) is 131 Å². The maximum atomic E-state index is 13.5. The number of benzene rings is 3. The molecule has 1 aromatic heterocycles. The Hall–Kier alpha value is -5.11. The molecule has 5 rings (SSSR count). The first-order valence-electron chi connectivity index (χ1n) is 14.3. The van der Waals surface area contributed by atoms with Crippen molar-refractivity contribution in [2.75, 3.05) is 13.2 Å². The highest BCUT2D eigenvalue weighted by Crippen LogP contribution is 2.39. The Kier molecular flexibility index (Phi) is 9.36. The van der Waals surface area contributed by atoms with Gasteiger partial charge in [-0.1, -0.05) is 60.7 Å². The second kappa shape index (κ2) is 13.7. The number of rotatable bonds is 11. The number of furan rings is 1. The van der Waals surface area contributed by atoms with Crippen molar-refractivity contribution < 1.29 is 28.3 Å². The molecule has 1 aliphatic heterocycles. The summed E-state index contributed by atoms with van der Waals surface area (Å²) < 4.78 is 17.2. The van der Waals surface area contributed by atoms with Crippen LogP contribution in [0.1, 0.15) is 53.6 Å². The Labute approximate surface area is 250 Å². The number of amides is 2. The van der Waals surface area contributed by atoms with Crippen LogP contribution in [0, 0.1) is 0 Å². The first-order valence-corrected chi connectivity index (χ1v) is 14.3. The van der Waals surface area contributed by atoms with Crippen molar-refractivity contribution in [1.29, 1.82) is 0 Å². The molecule has 0 radical (unpaired) electrons. The molecule has 2 heterocycles. The number of nitrogens with zero attached hydrogens (tertiary/aromatic N) is 1. The van der Waals surface area contributed by atoms with Crippen LogP contribution in [0.25, 0.3) is 0 Å². The molecule has 1 unspecified atom stereocenters. The molecule has 220 valence electrons. The fraction of sp³-hybridized carbons (Fsp3) is 0.229. The minimum Gasteiger partial charge on any atom is -0.463 e. The number of nitrogens with one attached hydrogen (secondary N) is 1. The van der Waals surface area contributed by atoms with Gasteiger partial charge in [0, 0.05) is 24.6 Å². The number of carbonyl (C=O) groups excluding carboxylic acids is 3. The first-order chi connectivity index (χ1) is 20.9. The van der Waals surface area contributed by atoms with Crippen LogP contribution in [-0.2, 0) is 27.3 Å². The summed E-state index contributed by atoms with van der Waals surface area (Å²) in [6, 6.07) is 30.0. The van der Waals surface area contributed by atoms with E-state index in [1.165, 1.54) is 4.90 Å². The number of ether oxygens (including phenoxy) is 2. The predicted molar refractivity (Wildman–Crippen MR) is 161 cm³/mol. The molecular weight excluding hydrogens is 544 g/mol. The van der Waals surface area contributed by atoms with Gasteiger partial charge in [0.25, 0.3) is 5.91 Å². The summed E-state index contributed by atoms with van der Waals surface area (Å²) in [5.74, 6) is 0.392. The topological polar surface area (TPSA) is 98.1 Å². The molecule has 0 bridgehead atoms. The van der Waals surface area contributed by atoms with Crippen LogP contribution in [-0.4, -0.2) is 35.8 Å². The quantitative estimate of drug-likeness (QED) is 0.207. The van der Waals surface area contributed by atoms with Crippen molar-refractivity contribution in [1.82, 2.24) is 10.2 Å². The normalized spacial score (nSPS) is 14.9. The number of esters is 1. The van der Waals surface area contributed by atoms with Crippen LogP contribution >= 0.6 is 0 Å². The fourth-order valence-electron chi connectivity index (χ4n) is 5.17. The van der Waals surface area contributed by atoms with E-state index in [4.69, 9.17) is 13.9 Å². The lowest BCUT2D eigenvalue weighted by molar-refractivity contribution is -0.140. The van der Waals surface area contributed by atoms with Crippen molar-refractivity contribution in [2.24, 2.45) is 0 Å². The molecule has 0 saturated carbocycles. The molecule has 1 atom stereocenters. The van der Waals surface area contributed by atoms with Gasteiger partial charge in [-0.25, -0.2) is 4.79 Å². The Morgan fingerprint density at radius 2 is 1.65 bits per heavy atom. The number of allylic oxidation sites excluding steroid dienone is 1. The average Bonchev–Trinajstić information content (AvgIpc) is 3.49. The Balaban J connectivity index is 1.33. The molecule has 1 aliphatic rings. The molecule has 0 fully saturated rings. The maximum Gasteiger partial charge on any atom is 0.336 e. The average molecular weight is 579 g/mol. The zero-order chi connectivity index (χ0) is 30.2. The molecule has 8 heteroatoms. The minimum atomic E-state index is -0.510. The zero-order valence-corrected chi connectivity index (χ0v) is 24.2. The van der Waals surface area contributed by atoms with Gasteiger partial charge in [-0.3, -0.25) is 9.59 Å². The van der Waals surface area contributed by atoms with Gasteiger partial charge in [0.1, 0.15) is 17.3 Å². The van der Waals surface area contributed by atoms with Crippen LogP contribution in [0.4, 0.5) is 0 Å². The van der Waals surface area contributed by atoms with Crippen molar-refractivity contribution in [2.45, 2.75) is 39.2 Å². The van der Waals surface area contributed by atoms with Gasteiger partial charge in [-0.2, -0.15) is 0 Å². The number of para-hydroxylation sites is 1. The molecule has 2 amide bonds. The summed E-state index contributed by atoms with van der Waals surface area (Å²) in [4.78, 5) is 40.9. The molecule has 0 saturated heterocycles. The molecule has 8 nitrogen and oxygen atoms in total. The molecule has 4 aromatic rings. The maximum absolute atomic E-state index is 13.5. The van der Waals surface area contributed by atoms with Crippen molar-refractivity contribution in [3.8, 4) is 11.5 Å². The van der Waals surface area contributed by atoms with Crippen LogP contribution in [0.3, 0.4) is 0 Å². The zero-order valence-electron chi connectivity index (χ0n) is 24.2. The highest BCUT2D eigenvalue weighted by atomic mass is 16.5. The number of hydrogen-bond donors (Lipinski definition) is 1. The SMILES string of the molecule is CCOC(=O)C1=C(C)N(Cc2ccc(C(=O)NCCc3ccccc3)o2)C(=O)CC1c1cccc(Oc2ccccc2)c1. The minimum absolute atomic E-state index is 0.0633. The monoisotopic (exact) mass is 578 g/mol. The first kappa shape index (κ1) is 29.4. The summed E-state index contributed by atoms with van der Waals surface area (Å²) in [7, 11) is 0. The lowest BCUT2D eigenvalue weighted by atomic mass is 9.83. The van der Waals surface area contributed by atoms with Gasteiger partial charge in [-0.15, -0.1) is 0 Å². The number of hydrogen-bond acceptors (Lipinski definition) is 6. The lowest BCUT2D eigenvalue weighted by Crippen LogP contribution is -2.38. The summed E-state index contributed by atoms with van der Waals surface area (Å²) in [6.45, 7) is 4.23. The molecule has 0 aliphatic carbocycles. The second-order valence-corrected chi connectivity index (χ2v) is 10.2. The van der Waals surface area contributed by atoms with E-state index in [9.17, 15) is 14.4 Å². The number of carbonyl (C=O) groups is 3. The van der Waals surface area contributed by atoms with E-state index < -0.39 is 11.9 Å². The Morgan fingerprint density at radius 3 is 2.40 bits per heavy atom. The molecule has 43 heavy (non-hydrogen) atoms. The van der Waals surface area contributed by atoms with Crippen LogP contribution in [0.2, 0.25) is 0 Å². The molecule has 3 aromatic carbocycles. The van der Waals surface area contributed by atoms with E-state index in [0.717, 1.165) is 11.1 Å². The van der Waals surface area contributed by atoms with Crippen LogP contribution < -0.4 is 10.1 Å². The second-order valence-electron chi connectivity index (χ2n) is 10.2. The molecular formula is C35H34N2O6. The highest BCUT2D eigenvalue weighted by molar-refractivity contribution is 5.96. The molecule has 1 N–H and O–H groups in total. The van der Waals surface area contributed by atoms with Crippen LogP contribution in [0.5, 0.6) is 11.5 Å². The lowest BCUT2D eigenvalue weighted by Gasteiger charge is -2.34. The van der Waals surface area contributed by atoms with E-state index in [0.29, 0.717) is 41.5 Å². The summed E-state index contributed by atoms with van der Waals surface area (Å²) in [5, 5.41) is 2.87. The van der Waals surface area contributed by atoms with E-state index in [1.807, 2.05) is 84.9 Å². The van der Waals surface area contributed by atoms with E-state index in [1.54, 1.807) is 26.0 Å². The highest BCUT2D eigenvalue weighted by Gasteiger charge is 2.37. The smallest absolute Gasteiger partial charge is 0.336 e. The fourth-order valence-corrected chi connectivity index (χ4v) is 5.17. The predicted octanol–water partition coefficient (Wildman–Crippen LogP) is 6.40. The third-order valence-corrected chi connectivity index (χ3v) is 7.30. The van der Waals surface area contributed by atoms with Crippen molar-refractivity contribution in [3.63, 3.8) is 0 Å². The molecule has 0 spiro atoms. The van der Waals surface area contributed by atoms with Gasteiger partial charge < -0.3 is 24.1 Å². The van der Waals surface area contributed by atoms with Crippen LogP contribution in [0.15, 0.2) is 113 Å². The van der Waals surface area contributed by atoms with Crippen molar-refractivity contribution >= 4 is 17.8 Å². The Morgan fingerprint density at radius 1 is 0.930 bits per heavy atom.